The molecule has 4 nitrogen and oxygen atoms in total. The molecule has 0 unspecified atom stereocenters. The molecule has 84 valence electrons. The number of hydrogen-bond acceptors (Lipinski definition) is 4. The Balaban J connectivity index is -0.000000249. The van der Waals surface area contributed by atoms with Gasteiger partial charge in [0.05, 0.1) is 5.24 Å². The molecule has 0 aliphatic rings. The molecule has 0 heterocycles. The van der Waals surface area contributed by atoms with Crippen LogP contribution in [0.25, 0.3) is 0 Å². The number of hydrogen-bond donors (Lipinski definition) is 1. The zero-order valence-electron chi connectivity index (χ0n) is 9.52. The van der Waals surface area contributed by atoms with Gasteiger partial charge in [-0.25, -0.2) is 0 Å². The van der Waals surface area contributed by atoms with Gasteiger partial charge >= 0.3 is 19.5 Å². The van der Waals surface area contributed by atoms with Gasteiger partial charge in [0, 0.05) is 12.1 Å². The molecule has 0 aromatic heterocycles. The van der Waals surface area contributed by atoms with Gasteiger partial charge in [-0.3, -0.25) is 0 Å². The van der Waals surface area contributed by atoms with E-state index in [0.717, 1.165) is 0 Å². The number of carbonyl (C=O) groups excluding carboxylic acids is 2. The van der Waals surface area contributed by atoms with Gasteiger partial charge in [-0.15, -0.1) is 0 Å². The second-order valence-corrected chi connectivity index (χ2v) is 3.93. The van der Waals surface area contributed by atoms with Crippen LogP contribution in [0.1, 0.15) is 27.7 Å². The van der Waals surface area contributed by atoms with Crippen LogP contribution in [0.3, 0.4) is 0 Å². The van der Waals surface area contributed by atoms with Crippen LogP contribution in [-0.2, 0) is 44.7 Å². The van der Waals surface area contributed by atoms with Crippen molar-refractivity contribution in [3.8, 4) is 0 Å². The Morgan fingerprint density at radius 1 is 1.07 bits per heavy atom. The van der Waals surface area contributed by atoms with Crippen LogP contribution in [-0.4, -0.2) is 27.5 Å². The Morgan fingerprint density at radius 2 is 1.27 bits per heavy atom. The second kappa shape index (κ2) is 10.5. The molecule has 0 saturated carbocycles. The predicted molar refractivity (Wildman–Crippen MR) is 61.8 cm³/mol. The molecule has 0 rings (SSSR count). The Bertz CT molecular complexity index is 189. The summed E-state index contributed by atoms with van der Waals surface area (Å²) in [6, 6.07) is 0.426. The number of primary amides is 1. The smallest absolute Gasteiger partial charge is 0.719 e. The van der Waals surface area contributed by atoms with Crippen LogP contribution < -0.4 is 5.73 Å². The average molecular weight is 302 g/mol. The first-order valence-corrected chi connectivity index (χ1v) is 4.97. The molecular formula is C8H16N2O2S2Zn. The quantitative estimate of drug-likeness (QED) is 0.618. The van der Waals surface area contributed by atoms with Gasteiger partial charge in [0.2, 0.25) is 0 Å². The van der Waals surface area contributed by atoms with Crippen LogP contribution in [0.15, 0.2) is 0 Å². The van der Waals surface area contributed by atoms with Crippen molar-refractivity contribution in [2.45, 2.75) is 39.8 Å². The summed E-state index contributed by atoms with van der Waals surface area (Å²) in [6.07, 6.45) is 0. The summed E-state index contributed by atoms with van der Waals surface area (Å²) >= 11 is 8.30. The molecule has 0 fully saturated rings. The number of nitrogens with two attached hydrogens (primary N) is 1. The van der Waals surface area contributed by atoms with Gasteiger partial charge in [0.1, 0.15) is 5.24 Å². The summed E-state index contributed by atoms with van der Waals surface area (Å²) in [7, 11) is 0. The summed E-state index contributed by atoms with van der Waals surface area (Å²) in [5.74, 6) is 0. The second-order valence-electron chi connectivity index (χ2n) is 3.18. The van der Waals surface area contributed by atoms with Gasteiger partial charge in [-0.05, 0) is 27.7 Å². The summed E-state index contributed by atoms with van der Waals surface area (Å²) in [4.78, 5) is 21.5. The number of amides is 2. The molecule has 0 aromatic carbocycles. The molecule has 2 amide bonds. The van der Waals surface area contributed by atoms with E-state index >= 15 is 0 Å². The van der Waals surface area contributed by atoms with E-state index in [2.05, 4.69) is 31.0 Å². The molecule has 0 aliphatic heterocycles. The third-order valence-electron chi connectivity index (χ3n) is 1.32. The SMILES string of the molecule is CC(C)N(C(=O)[S-])C(C)C.NC(=O)[S-].[Zn+2]. The van der Waals surface area contributed by atoms with Gasteiger partial charge in [0.25, 0.3) is 0 Å². The van der Waals surface area contributed by atoms with Crippen molar-refractivity contribution >= 4 is 35.7 Å². The van der Waals surface area contributed by atoms with E-state index in [0.29, 0.717) is 0 Å². The van der Waals surface area contributed by atoms with Crippen molar-refractivity contribution in [3.05, 3.63) is 0 Å². The molecule has 0 atom stereocenters. The van der Waals surface area contributed by atoms with Crippen molar-refractivity contribution in [1.29, 1.82) is 0 Å². The molecule has 7 heteroatoms. The first kappa shape index (κ1) is 20.4. The summed E-state index contributed by atoms with van der Waals surface area (Å²) in [6.45, 7) is 7.85. The molecule has 0 spiro atoms. The topological polar surface area (TPSA) is 63.4 Å². The number of nitrogens with zero attached hydrogens (tertiary/aromatic N) is 1. The van der Waals surface area contributed by atoms with Crippen molar-refractivity contribution in [3.63, 3.8) is 0 Å². The Kier molecular flexibility index (Phi) is 14.3. The number of rotatable bonds is 2. The third kappa shape index (κ3) is 14.0. The molecule has 0 saturated heterocycles. The minimum Gasteiger partial charge on any atom is -0.719 e. The molecule has 15 heavy (non-hydrogen) atoms. The van der Waals surface area contributed by atoms with Gasteiger partial charge < -0.3 is 45.5 Å². The third-order valence-corrected chi connectivity index (χ3v) is 1.53. The first-order valence-electron chi connectivity index (χ1n) is 4.15. The maximum Gasteiger partial charge on any atom is 2.00 e. The predicted octanol–water partition coefficient (Wildman–Crippen LogP) is 1.38. The molecule has 0 aromatic rings. The van der Waals surface area contributed by atoms with Gasteiger partial charge in [-0.1, -0.05) is 0 Å². The molecule has 0 bridgehead atoms. The van der Waals surface area contributed by atoms with Crippen molar-refractivity contribution < 1.29 is 29.1 Å². The van der Waals surface area contributed by atoms with Crippen molar-refractivity contribution in [1.82, 2.24) is 4.90 Å². The minimum atomic E-state index is -0.750. The fourth-order valence-electron chi connectivity index (χ4n) is 1.02. The monoisotopic (exact) mass is 300 g/mol. The minimum absolute atomic E-state index is 0. The van der Waals surface area contributed by atoms with E-state index in [1.54, 1.807) is 4.90 Å². The number of carbonyl (C=O) groups is 2. The van der Waals surface area contributed by atoms with E-state index in [1.165, 1.54) is 0 Å². The van der Waals surface area contributed by atoms with E-state index in [9.17, 15) is 4.79 Å². The summed E-state index contributed by atoms with van der Waals surface area (Å²) < 4.78 is 0. The van der Waals surface area contributed by atoms with Crippen LogP contribution in [0.4, 0.5) is 9.59 Å². The van der Waals surface area contributed by atoms with E-state index < -0.39 is 5.24 Å². The largest absolute Gasteiger partial charge is 2.00 e. The Hall–Kier alpha value is 0.00338. The van der Waals surface area contributed by atoms with E-state index in [-0.39, 0.29) is 36.8 Å². The summed E-state index contributed by atoms with van der Waals surface area (Å²) in [5, 5.41) is -1.01. The van der Waals surface area contributed by atoms with Crippen LogP contribution >= 0.6 is 0 Å². The normalized spacial score (nSPS) is 8.67. The molecular weight excluding hydrogens is 286 g/mol. The van der Waals surface area contributed by atoms with E-state index in [1.807, 2.05) is 27.7 Å². The first-order chi connectivity index (χ1) is 6.20. The Labute approximate surface area is 115 Å². The fourth-order valence-corrected chi connectivity index (χ4v) is 1.44. The van der Waals surface area contributed by atoms with Crippen LogP contribution in [0, 0.1) is 0 Å². The maximum absolute atomic E-state index is 10.8. The zero-order valence-corrected chi connectivity index (χ0v) is 14.1. The zero-order chi connectivity index (χ0) is 11.9. The average Bonchev–Trinajstić information content (AvgIpc) is 1.80. The van der Waals surface area contributed by atoms with Crippen molar-refractivity contribution in [2.24, 2.45) is 5.73 Å². The van der Waals surface area contributed by atoms with Gasteiger partial charge in [-0.2, -0.15) is 0 Å². The Morgan fingerprint density at radius 3 is 1.27 bits per heavy atom. The fraction of sp³-hybridized carbons (Fsp3) is 0.750. The molecule has 0 radical (unpaired) electrons. The molecule has 2 N–H and O–H groups in total. The molecule has 0 aliphatic carbocycles. The van der Waals surface area contributed by atoms with Gasteiger partial charge in [0.15, 0.2) is 0 Å². The van der Waals surface area contributed by atoms with Crippen LogP contribution in [0.5, 0.6) is 0 Å². The summed E-state index contributed by atoms with van der Waals surface area (Å²) in [5.41, 5.74) is 4.29. The standard InChI is InChI=1S/C7H15NOS.CH3NOS.Zn/c1-5(2)8(6(3)4)7(9)10;2-1(3)4;/h5-6H,1-4H3,(H,9,10);(H3,2,3,4);/q;;+2/p-2. The maximum atomic E-state index is 10.8. The van der Waals surface area contributed by atoms with E-state index in [4.69, 9.17) is 4.79 Å². The van der Waals surface area contributed by atoms with Crippen LogP contribution in [0.2, 0.25) is 0 Å². The van der Waals surface area contributed by atoms with Crippen molar-refractivity contribution in [2.75, 3.05) is 0 Å².